The molecule has 1 aromatic heterocycles. The Morgan fingerprint density at radius 1 is 1.15 bits per heavy atom. The number of aryl methyl sites for hydroxylation is 2. The second-order valence-corrected chi connectivity index (χ2v) is 11.1. The van der Waals surface area contributed by atoms with Gasteiger partial charge in [-0.3, -0.25) is 14.4 Å². The first-order valence-electron chi connectivity index (χ1n) is 12.9. The Hall–Kier alpha value is -3.96. The lowest BCUT2D eigenvalue weighted by atomic mass is 9.84. The number of likely N-dealkylation sites (tertiary alicyclic amines) is 1. The summed E-state index contributed by atoms with van der Waals surface area (Å²) >= 11 is 6.23. The summed E-state index contributed by atoms with van der Waals surface area (Å²) in [5, 5.41) is 19.5. The molecule has 8 nitrogen and oxygen atoms in total. The molecule has 0 bridgehead atoms. The highest BCUT2D eigenvalue weighted by molar-refractivity contribution is 6.30. The van der Waals surface area contributed by atoms with Crippen molar-refractivity contribution in [1.29, 1.82) is 5.26 Å². The van der Waals surface area contributed by atoms with Gasteiger partial charge >= 0.3 is 0 Å². The van der Waals surface area contributed by atoms with Crippen molar-refractivity contribution in [3.05, 3.63) is 97.4 Å². The van der Waals surface area contributed by atoms with Crippen LogP contribution in [0.2, 0.25) is 5.02 Å². The fourth-order valence-corrected chi connectivity index (χ4v) is 5.46. The molecule has 2 aromatic carbocycles. The zero-order valence-electron chi connectivity index (χ0n) is 22.5. The molecule has 4 rings (SSSR count). The molecule has 2 amide bonds. The number of amides is 2. The third kappa shape index (κ3) is 6.21. The van der Waals surface area contributed by atoms with Crippen LogP contribution in [0.5, 0.6) is 0 Å². The molecule has 0 spiro atoms. The number of nitrogens with one attached hydrogen (secondary N) is 2. The Morgan fingerprint density at radius 3 is 2.62 bits per heavy atom. The molecule has 9 heteroatoms. The number of aromatic amines is 1. The number of nitrogens with zero attached hydrogens (tertiary/aromatic N) is 3. The monoisotopic (exact) mass is 545 g/mol. The van der Waals surface area contributed by atoms with Gasteiger partial charge in [-0.25, -0.2) is 5.10 Å². The van der Waals surface area contributed by atoms with E-state index in [-0.39, 0.29) is 36.0 Å². The van der Waals surface area contributed by atoms with Crippen molar-refractivity contribution in [2.45, 2.75) is 59.0 Å². The second kappa shape index (κ2) is 11.4. The normalized spacial score (nSPS) is 17.1. The standard InChI is InChI=1S/C30H32ClN5O3/c1-18-12-22(9-8-20(18)14-23-13-19(2)34-35-29(23)39)28(38)33-16-27(37)36-25(21-6-5-7-24(31)15-21)10-11-26(36)30(3,4)17-32/h5-9,12-13,15,25-26H,10-11,14,16H2,1-4H3,(H,33,38)(H,35,39)/t25-,26+/m0/s1. The minimum absolute atomic E-state index is 0.194. The summed E-state index contributed by atoms with van der Waals surface area (Å²) in [6.45, 7) is 7.17. The van der Waals surface area contributed by atoms with Crippen LogP contribution in [-0.4, -0.2) is 39.5 Å². The molecule has 39 heavy (non-hydrogen) atoms. The highest BCUT2D eigenvalue weighted by Crippen LogP contribution is 2.43. The lowest BCUT2D eigenvalue weighted by Gasteiger charge is -2.36. The van der Waals surface area contributed by atoms with Crippen LogP contribution in [0.4, 0.5) is 0 Å². The maximum absolute atomic E-state index is 13.5. The fraction of sp³-hybridized carbons (Fsp3) is 0.367. The van der Waals surface area contributed by atoms with E-state index in [4.69, 9.17) is 11.6 Å². The second-order valence-electron chi connectivity index (χ2n) is 10.7. The molecule has 2 heterocycles. The van der Waals surface area contributed by atoms with Crippen molar-refractivity contribution in [2.75, 3.05) is 6.54 Å². The van der Waals surface area contributed by atoms with Gasteiger partial charge in [0, 0.05) is 22.6 Å². The SMILES string of the molecule is Cc1cc(Cc2ccc(C(=O)NCC(=O)N3[C@H](c4cccc(Cl)c4)CC[C@@H]3C(C)(C)C#N)cc2C)c(=O)[nH]n1. The molecule has 1 aliphatic heterocycles. The molecule has 1 saturated heterocycles. The Kier molecular flexibility index (Phi) is 8.22. The lowest BCUT2D eigenvalue weighted by molar-refractivity contribution is -0.134. The van der Waals surface area contributed by atoms with Crippen LogP contribution >= 0.6 is 11.6 Å². The van der Waals surface area contributed by atoms with Crippen LogP contribution in [0.3, 0.4) is 0 Å². The zero-order chi connectivity index (χ0) is 28.3. The molecule has 0 radical (unpaired) electrons. The number of nitriles is 1. The van der Waals surface area contributed by atoms with E-state index >= 15 is 0 Å². The van der Waals surface area contributed by atoms with Gasteiger partial charge in [-0.15, -0.1) is 0 Å². The maximum Gasteiger partial charge on any atom is 0.267 e. The van der Waals surface area contributed by atoms with Crippen LogP contribution in [0.25, 0.3) is 0 Å². The number of hydrogen-bond donors (Lipinski definition) is 2. The van der Waals surface area contributed by atoms with E-state index in [1.165, 1.54) is 0 Å². The molecule has 0 aliphatic carbocycles. The van der Waals surface area contributed by atoms with E-state index in [2.05, 4.69) is 21.6 Å². The minimum Gasteiger partial charge on any atom is -0.343 e. The first kappa shape index (κ1) is 28.1. The summed E-state index contributed by atoms with van der Waals surface area (Å²) in [6.07, 6.45) is 1.80. The van der Waals surface area contributed by atoms with Crippen LogP contribution < -0.4 is 10.9 Å². The Morgan fingerprint density at radius 2 is 1.92 bits per heavy atom. The highest BCUT2D eigenvalue weighted by Gasteiger charge is 2.45. The number of H-pyrrole nitrogens is 1. The first-order valence-corrected chi connectivity index (χ1v) is 13.3. The van der Waals surface area contributed by atoms with Crippen molar-refractivity contribution in [3.63, 3.8) is 0 Å². The number of rotatable bonds is 7. The van der Waals surface area contributed by atoms with Crippen LogP contribution in [0.1, 0.15) is 71.0 Å². The summed E-state index contributed by atoms with van der Waals surface area (Å²) in [6, 6.07) is 16.3. The quantitative estimate of drug-likeness (QED) is 0.448. The molecule has 1 fully saturated rings. The van der Waals surface area contributed by atoms with E-state index in [0.29, 0.717) is 35.4 Å². The van der Waals surface area contributed by atoms with Crippen molar-refractivity contribution < 1.29 is 9.59 Å². The van der Waals surface area contributed by atoms with Gasteiger partial charge in [0.15, 0.2) is 0 Å². The molecule has 202 valence electrons. The summed E-state index contributed by atoms with van der Waals surface area (Å²) in [5.41, 5.74) is 3.44. The summed E-state index contributed by atoms with van der Waals surface area (Å²) < 4.78 is 0. The van der Waals surface area contributed by atoms with Crippen molar-refractivity contribution >= 4 is 23.4 Å². The van der Waals surface area contributed by atoms with Gasteiger partial charge in [0.25, 0.3) is 11.5 Å². The molecule has 3 aromatic rings. The van der Waals surface area contributed by atoms with Gasteiger partial charge < -0.3 is 10.2 Å². The predicted octanol–water partition coefficient (Wildman–Crippen LogP) is 4.64. The summed E-state index contributed by atoms with van der Waals surface area (Å²) in [5.74, 6) is -0.620. The van der Waals surface area contributed by atoms with Gasteiger partial charge in [-0.2, -0.15) is 10.4 Å². The number of benzene rings is 2. The van der Waals surface area contributed by atoms with Crippen LogP contribution in [0, 0.1) is 30.6 Å². The van der Waals surface area contributed by atoms with Gasteiger partial charge in [0.1, 0.15) is 0 Å². The molecular formula is C30H32ClN5O3. The molecule has 0 saturated carbocycles. The highest BCUT2D eigenvalue weighted by atomic mass is 35.5. The number of hydrogen-bond acceptors (Lipinski definition) is 5. The lowest BCUT2D eigenvalue weighted by Crippen LogP contribution is -2.48. The largest absolute Gasteiger partial charge is 0.343 e. The van der Waals surface area contributed by atoms with Gasteiger partial charge in [-0.1, -0.05) is 29.8 Å². The third-order valence-corrected chi connectivity index (χ3v) is 7.66. The fourth-order valence-electron chi connectivity index (χ4n) is 5.26. The number of carbonyl (C=O) groups is 2. The first-order chi connectivity index (χ1) is 18.5. The van der Waals surface area contributed by atoms with Gasteiger partial charge in [0.2, 0.25) is 5.91 Å². The summed E-state index contributed by atoms with van der Waals surface area (Å²) in [4.78, 5) is 40.4. The number of halogens is 1. The minimum atomic E-state index is -0.755. The molecular weight excluding hydrogens is 514 g/mol. The Labute approximate surface area is 233 Å². The topological polar surface area (TPSA) is 119 Å². The van der Waals surface area contributed by atoms with Crippen molar-refractivity contribution in [1.82, 2.24) is 20.4 Å². The van der Waals surface area contributed by atoms with Crippen LogP contribution in [0.15, 0.2) is 53.3 Å². The maximum atomic E-state index is 13.5. The zero-order valence-corrected chi connectivity index (χ0v) is 23.3. The van der Waals surface area contributed by atoms with Crippen molar-refractivity contribution in [2.24, 2.45) is 5.41 Å². The number of carbonyl (C=O) groups excluding carboxylic acids is 2. The van der Waals surface area contributed by atoms with E-state index in [9.17, 15) is 19.6 Å². The molecule has 1 aliphatic rings. The predicted molar refractivity (Wildman–Crippen MR) is 149 cm³/mol. The Balaban J connectivity index is 1.49. The van der Waals surface area contributed by atoms with Gasteiger partial charge in [0.05, 0.1) is 35.8 Å². The summed E-state index contributed by atoms with van der Waals surface area (Å²) in [7, 11) is 0. The van der Waals surface area contributed by atoms with Gasteiger partial charge in [-0.05, 0) is 87.6 Å². The van der Waals surface area contributed by atoms with Crippen molar-refractivity contribution in [3.8, 4) is 6.07 Å². The Bertz CT molecular complexity index is 1510. The molecule has 2 N–H and O–H groups in total. The van der Waals surface area contributed by atoms with E-state index in [1.54, 1.807) is 29.2 Å². The average Bonchev–Trinajstić information content (AvgIpc) is 3.37. The van der Waals surface area contributed by atoms with Crippen LogP contribution in [-0.2, 0) is 11.2 Å². The average molecular weight is 546 g/mol. The smallest absolute Gasteiger partial charge is 0.267 e. The van der Waals surface area contributed by atoms with E-state index < -0.39 is 5.41 Å². The molecule has 2 atom stereocenters. The van der Waals surface area contributed by atoms with E-state index in [0.717, 1.165) is 22.4 Å². The molecule has 0 unspecified atom stereocenters. The van der Waals surface area contributed by atoms with E-state index in [1.807, 2.05) is 52.0 Å². The third-order valence-electron chi connectivity index (χ3n) is 7.42. The number of aromatic nitrogens is 2.